The molecule has 52 valence electrons. The summed E-state index contributed by atoms with van der Waals surface area (Å²) in [5, 5.41) is 6.21. The van der Waals surface area contributed by atoms with Crippen molar-refractivity contribution in [2.24, 2.45) is 0 Å². The quantitative estimate of drug-likeness (QED) is 0.647. The lowest BCUT2D eigenvalue weighted by Gasteiger charge is -1.68. The van der Waals surface area contributed by atoms with Crippen molar-refractivity contribution in [1.29, 1.82) is 0 Å². The molecule has 0 radical (unpaired) electrons. The van der Waals surface area contributed by atoms with Gasteiger partial charge >= 0.3 is 0 Å². The molecule has 0 aliphatic carbocycles. The maximum Gasteiger partial charge on any atom is 0.179 e. The Morgan fingerprint density at radius 3 is 2.00 bits per heavy atom. The number of hydrogen-bond donors (Lipinski definition) is 1. The van der Waals surface area contributed by atoms with Crippen LogP contribution in [0.3, 0.4) is 0 Å². The molecule has 0 bridgehead atoms. The van der Waals surface area contributed by atoms with E-state index in [2.05, 4.69) is 10.2 Å². The van der Waals surface area contributed by atoms with Crippen LogP contribution in [-0.2, 0) is 0 Å². The average Bonchev–Trinajstić information content (AvgIpc) is 2.11. The van der Waals surface area contributed by atoms with Crippen LogP contribution in [0.4, 0.5) is 0 Å². The van der Waals surface area contributed by atoms with Crippen LogP contribution in [0.5, 0.6) is 0 Å². The van der Waals surface area contributed by atoms with Gasteiger partial charge in [0.1, 0.15) is 0 Å². The van der Waals surface area contributed by atoms with Gasteiger partial charge in [-0.3, -0.25) is 5.10 Å². The number of nitrogens with one attached hydrogen (secondary N) is 1. The number of rotatable bonds is 0. The van der Waals surface area contributed by atoms with Gasteiger partial charge in [-0.05, 0) is 6.07 Å². The third kappa shape index (κ3) is 11.9. The van der Waals surface area contributed by atoms with Gasteiger partial charge in [0.25, 0.3) is 0 Å². The predicted octanol–water partition coefficient (Wildman–Crippen LogP) is 3.34. The molecule has 1 aromatic rings. The molecule has 0 aromatic carbocycles. The molecule has 1 heterocycles. The van der Waals surface area contributed by atoms with Crippen molar-refractivity contribution in [2.45, 2.75) is 0 Å². The molecule has 6 heteroatoms. The summed E-state index contributed by atoms with van der Waals surface area (Å²) in [7, 11) is 0. The standard InChI is InChI=1S/C3H4N2.Cl3P/c1-2-4-5-3-1;1-4(2)3/h1-3H,(H,4,5);. The molecule has 0 unspecified atom stereocenters. The lowest BCUT2D eigenvalue weighted by Crippen LogP contribution is -1.53. The molecule has 0 saturated heterocycles. The molecule has 0 atom stereocenters. The molecule has 0 fully saturated rings. The van der Waals surface area contributed by atoms with Crippen LogP contribution in [0.2, 0.25) is 0 Å². The molecule has 1 N–H and O–H groups in total. The van der Waals surface area contributed by atoms with Crippen LogP contribution in [0.15, 0.2) is 18.5 Å². The van der Waals surface area contributed by atoms with Crippen molar-refractivity contribution < 1.29 is 0 Å². The fraction of sp³-hybridized carbons (Fsp3) is 0. The Morgan fingerprint density at radius 1 is 1.33 bits per heavy atom. The topological polar surface area (TPSA) is 28.7 Å². The van der Waals surface area contributed by atoms with Gasteiger partial charge in [-0.15, -0.1) is 0 Å². The van der Waals surface area contributed by atoms with Gasteiger partial charge < -0.3 is 0 Å². The molecule has 0 aliphatic heterocycles. The van der Waals surface area contributed by atoms with Crippen molar-refractivity contribution in [3.8, 4) is 0 Å². The van der Waals surface area contributed by atoms with E-state index >= 15 is 0 Å². The van der Waals surface area contributed by atoms with Gasteiger partial charge in [0.2, 0.25) is 0 Å². The Hall–Kier alpha value is 0.510. The lowest BCUT2D eigenvalue weighted by molar-refractivity contribution is 1.09. The summed E-state index contributed by atoms with van der Waals surface area (Å²) in [6.07, 6.45) is 3.46. The van der Waals surface area contributed by atoms with Crippen LogP contribution in [0.1, 0.15) is 0 Å². The first-order valence-electron chi connectivity index (χ1n) is 1.94. The highest BCUT2D eigenvalue weighted by Gasteiger charge is 1.80. The Kier molecular flexibility index (Phi) is 7.00. The number of H-pyrrole nitrogens is 1. The summed E-state index contributed by atoms with van der Waals surface area (Å²) in [4.78, 5) is 0. The summed E-state index contributed by atoms with van der Waals surface area (Å²) in [5.41, 5.74) is 0. The second-order valence-electron chi connectivity index (χ2n) is 0.958. The Bertz CT molecular complexity index is 101. The minimum Gasteiger partial charge on any atom is -0.286 e. The van der Waals surface area contributed by atoms with Gasteiger partial charge in [-0.25, -0.2) is 0 Å². The van der Waals surface area contributed by atoms with E-state index in [4.69, 9.17) is 33.7 Å². The van der Waals surface area contributed by atoms with E-state index in [1.165, 1.54) is 0 Å². The normalized spacial score (nSPS) is 8.44. The molecular weight excluding hydrogens is 201 g/mol. The zero-order chi connectivity index (χ0) is 7.11. The first-order valence-corrected chi connectivity index (χ1v) is 6.00. The summed E-state index contributed by atoms with van der Waals surface area (Å²) in [5.74, 6) is -1.20. The van der Waals surface area contributed by atoms with E-state index in [1.807, 2.05) is 6.07 Å². The van der Waals surface area contributed by atoms with E-state index in [1.54, 1.807) is 12.4 Å². The SMILES string of the molecule is ClP(Cl)Cl.c1cn[nH]c1. The lowest BCUT2D eigenvalue weighted by atomic mass is 10.8. The van der Waals surface area contributed by atoms with Gasteiger partial charge in [0.15, 0.2) is 5.98 Å². The highest BCUT2D eigenvalue weighted by atomic mass is 36.0. The smallest absolute Gasteiger partial charge is 0.179 e. The minimum absolute atomic E-state index is 1.20. The first-order chi connectivity index (χ1) is 4.23. The third-order valence-electron chi connectivity index (χ3n) is 0.406. The molecule has 0 amide bonds. The minimum atomic E-state index is -1.20. The summed E-state index contributed by atoms with van der Waals surface area (Å²) in [6, 6.07) is 1.83. The molecule has 1 rings (SSSR count). The summed E-state index contributed by atoms with van der Waals surface area (Å²) < 4.78 is 0. The highest BCUT2D eigenvalue weighted by Crippen LogP contribution is 2.51. The highest BCUT2D eigenvalue weighted by molar-refractivity contribution is 8.20. The zero-order valence-corrected chi connectivity index (χ0v) is 7.42. The largest absolute Gasteiger partial charge is 0.286 e. The number of nitrogens with zero attached hydrogens (tertiary/aromatic N) is 1. The van der Waals surface area contributed by atoms with Crippen molar-refractivity contribution in [3.05, 3.63) is 18.5 Å². The summed E-state index contributed by atoms with van der Waals surface area (Å²) in [6.45, 7) is 0. The fourth-order valence-electron chi connectivity index (χ4n) is 0.215. The number of aromatic amines is 1. The maximum atomic E-state index is 4.87. The van der Waals surface area contributed by atoms with Crippen LogP contribution in [0, 0.1) is 0 Å². The number of halogens is 3. The summed E-state index contributed by atoms with van der Waals surface area (Å²) >= 11 is 14.6. The average molecular weight is 205 g/mol. The van der Waals surface area contributed by atoms with E-state index in [0.29, 0.717) is 0 Å². The predicted molar refractivity (Wildman–Crippen MR) is 43.1 cm³/mol. The Balaban J connectivity index is 0.000000148. The van der Waals surface area contributed by atoms with Crippen LogP contribution in [0.25, 0.3) is 0 Å². The van der Waals surface area contributed by atoms with E-state index in [9.17, 15) is 0 Å². The van der Waals surface area contributed by atoms with E-state index in [-0.39, 0.29) is 0 Å². The maximum absolute atomic E-state index is 4.87. The molecule has 2 nitrogen and oxygen atoms in total. The molecule has 9 heavy (non-hydrogen) atoms. The molecular formula is C3H4Cl3N2P. The van der Waals surface area contributed by atoms with E-state index in [0.717, 1.165) is 0 Å². The number of aromatic nitrogens is 2. The van der Waals surface area contributed by atoms with Crippen LogP contribution >= 0.6 is 39.7 Å². The Labute approximate surface area is 68.6 Å². The zero-order valence-electron chi connectivity index (χ0n) is 4.26. The van der Waals surface area contributed by atoms with Crippen molar-refractivity contribution in [3.63, 3.8) is 0 Å². The van der Waals surface area contributed by atoms with Gasteiger partial charge in [-0.1, -0.05) is 33.7 Å². The van der Waals surface area contributed by atoms with Gasteiger partial charge in [-0.2, -0.15) is 5.10 Å². The van der Waals surface area contributed by atoms with Crippen molar-refractivity contribution in [2.75, 3.05) is 0 Å². The molecule has 1 aromatic heterocycles. The first kappa shape index (κ1) is 9.51. The third-order valence-corrected chi connectivity index (χ3v) is 0.406. The molecule has 0 saturated carbocycles. The second kappa shape index (κ2) is 6.63. The molecule has 0 spiro atoms. The van der Waals surface area contributed by atoms with Crippen molar-refractivity contribution >= 4 is 39.7 Å². The van der Waals surface area contributed by atoms with Crippen LogP contribution < -0.4 is 0 Å². The van der Waals surface area contributed by atoms with E-state index < -0.39 is 5.98 Å². The van der Waals surface area contributed by atoms with Gasteiger partial charge in [0.05, 0.1) is 0 Å². The van der Waals surface area contributed by atoms with Crippen LogP contribution in [-0.4, -0.2) is 10.2 Å². The Morgan fingerprint density at radius 2 is 1.89 bits per heavy atom. The van der Waals surface area contributed by atoms with Gasteiger partial charge in [0, 0.05) is 12.4 Å². The molecule has 0 aliphatic rings. The monoisotopic (exact) mass is 204 g/mol. The van der Waals surface area contributed by atoms with Crippen molar-refractivity contribution in [1.82, 2.24) is 10.2 Å². The second-order valence-corrected chi connectivity index (χ2v) is 5.94. The fourth-order valence-corrected chi connectivity index (χ4v) is 0.215. The number of hydrogen-bond acceptors (Lipinski definition) is 1.